The Hall–Kier alpha value is -1.09. The van der Waals surface area contributed by atoms with Gasteiger partial charge in [-0.1, -0.05) is 6.92 Å². The van der Waals surface area contributed by atoms with E-state index in [1.807, 2.05) is 0 Å². The lowest BCUT2D eigenvalue weighted by atomic mass is 9.90. The number of piperidine rings is 1. The van der Waals surface area contributed by atoms with Gasteiger partial charge in [-0.15, -0.1) is 0 Å². The van der Waals surface area contributed by atoms with E-state index in [1.54, 1.807) is 13.0 Å². The van der Waals surface area contributed by atoms with Crippen molar-refractivity contribution in [1.82, 2.24) is 0 Å². The van der Waals surface area contributed by atoms with Crippen molar-refractivity contribution in [2.24, 2.45) is 5.92 Å². The van der Waals surface area contributed by atoms with E-state index in [0.717, 1.165) is 18.7 Å². The molecule has 2 nitrogen and oxygen atoms in total. The molecule has 100 valence electrons. The Morgan fingerprint density at radius 3 is 2.78 bits per heavy atom. The van der Waals surface area contributed by atoms with E-state index in [2.05, 4.69) is 18.7 Å². The number of hydrogen-bond acceptors (Lipinski definition) is 2. The van der Waals surface area contributed by atoms with Crippen molar-refractivity contribution >= 4 is 5.69 Å². The minimum Gasteiger partial charge on any atom is -0.389 e. The lowest BCUT2D eigenvalue weighted by molar-refractivity contribution is 0.198. The average molecular weight is 251 g/mol. The Kier molecular flexibility index (Phi) is 3.91. The van der Waals surface area contributed by atoms with Crippen LogP contribution in [0, 0.1) is 11.7 Å². The smallest absolute Gasteiger partial charge is 0.123 e. The molecule has 1 aromatic rings. The zero-order chi connectivity index (χ0) is 13.3. The molecule has 2 unspecified atom stereocenters. The van der Waals surface area contributed by atoms with Crippen molar-refractivity contribution in [1.29, 1.82) is 0 Å². The fraction of sp³-hybridized carbons (Fsp3) is 0.600. The van der Waals surface area contributed by atoms with Crippen LogP contribution in [0.3, 0.4) is 0 Å². The third-order valence-corrected chi connectivity index (χ3v) is 4.12. The SMILES string of the molecule is CC1CCCN(c2ccc(F)cc2[C@@H](C)O)C1C. The van der Waals surface area contributed by atoms with Gasteiger partial charge < -0.3 is 10.0 Å². The number of rotatable bonds is 2. The Bertz CT molecular complexity index is 419. The summed E-state index contributed by atoms with van der Waals surface area (Å²) in [6, 6.07) is 5.16. The monoisotopic (exact) mass is 251 g/mol. The number of benzene rings is 1. The Morgan fingerprint density at radius 2 is 2.11 bits per heavy atom. The lowest BCUT2D eigenvalue weighted by Gasteiger charge is -2.40. The first kappa shape index (κ1) is 13.3. The van der Waals surface area contributed by atoms with Gasteiger partial charge >= 0.3 is 0 Å². The predicted molar refractivity (Wildman–Crippen MR) is 72.2 cm³/mol. The molecule has 2 rings (SSSR count). The molecule has 0 amide bonds. The van der Waals surface area contributed by atoms with Crippen molar-refractivity contribution in [2.45, 2.75) is 45.8 Å². The molecule has 1 saturated heterocycles. The fourth-order valence-corrected chi connectivity index (χ4v) is 2.80. The van der Waals surface area contributed by atoms with Crippen molar-refractivity contribution in [3.63, 3.8) is 0 Å². The van der Waals surface area contributed by atoms with Crippen LogP contribution >= 0.6 is 0 Å². The number of nitrogens with zero attached hydrogens (tertiary/aromatic N) is 1. The zero-order valence-corrected chi connectivity index (χ0v) is 11.4. The van der Waals surface area contributed by atoms with E-state index >= 15 is 0 Å². The normalized spacial score (nSPS) is 26.2. The van der Waals surface area contributed by atoms with E-state index < -0.39 is 6.10 Å². The Balaban J connectivity index is 2.37. The van der Waals surface area contributed by atoms with Gasteiger partial charge in [-0.3, -0.25) is 0 Å². The average Bonchev–Trinajstić information content (AvgIpc) is 2.33. The summed E-state index contributed by atoms with van der Waals surface area (Å²) in [7, 11) is 0. The van der Waals surface area contributed by atoms with Crippen LogP contribution in [0.1, 0.15) is 45.3 Å². The number of halogens is 1. The van der Waals surface area contributed by atoms with Gasteiger partial charge in [0.15, 0.2) is 0 Å². The van der Waals surface area contributed by atoms with Crippen molar-refractivity contribution in [3.05, 3.63) is 29.6 Å². The number of anilines is 1. The maximum atomic E-state index is 13.3. The maximum Gasteiger partial charge on any atom is 0.123 e. The second kappa shape index (κ2) is 5.27. The molecular weight excluding hydrogens is 229 g/mol. The summed E-state index contributed by atoms with van der Waals surface area (Å²) < 4.78 is 13.3. The Labute approximate surface area is 108 Å². The molecule has 1 aromatic carbocycles. The maximum absolute atomic E-state index is 13.3. The summed E-state index contributed by atoms with van der Waals surface area (Å²) in [4.78, 5) is 2.30. The highest BCUT2D eigenvalue weighted by Gasteiger charge is 2.27. The van der Waals surface area contributed by atoms with Crippen LogP contribution in [0.4, 0.5) is 10.1 Å². The van der Waals surface area contributed by atoms with Gasteiger partial charge in [0.05, 0.1) is 6.10 Å². The van der Waals surface area contributed by atoms with Crippen LogP contribution in [0.25, 0.3) is 0 Å². The highest BCUT2D eigenvalue weighted by atomic mass is 19.1. The quantitative estimate of drug-likeness (QED) is 0.869. The topological polar surface area (TPSA) is 23.5 Å². The van der Waals surface area contributed by atoms with E-state index in [1.165, 1.54) is 18.6 Å². The molecule has 0 aromatic heterocycles. The van der Waals surface area contributed by atoms with Crippen molar-refractivity contribution in [2.75, 3.05) is 11.4 Å². The van der Waals surface area contributed by atoms with Gasteiger partial charge in [0.1, 0.15) is 5.82 Å². The first-order valence-corrected chi connectivity index (χ1v) is 6.75. The molecule has 1 heterocycles. The van der Waals surface area contributed by atoms with Gasteiger partial charge in [-0.25, -0.2) is 4.39 Å². The van der Waals surface area contributed by atoms with Gasteiger partial charge in [0.25, 0.3) is 0 Å². The summed E-state index contributed by atoms with van der Waals surface area (Å²) in [5.74, 6) is 0.345. The summed E-state index contributed by atoms with van der Waals surface area (Å²) in [6.45, 7) is 7.13. The van der Waals surface area contributed by atoms with Crippen LogP contribution in [-0.4, -0.2) is 17.7 Å². The molecule has 1 aliphatic heterocycles. The first-order valence-electron chi connectivity index (χ1n) is 6.75. The fourth-order valence-electron chi connectivity index (χ4n) is 2.80. The summed E-state index contributed by atoms with van der Waals surface area (Å²) in [5.41, 5.74) is 1.67. The summed E-state index contributed by atoms with van der Waals surface area (Å²) >= 11 is 0. The molecule has 1 N–H and O–H groups in total. The largest absolute Gasteiger partial charge is 0.389 e. The first-order chi connectivity index (χ1) is 8.50. The van der Waals surface area contributed by atoms with E-state index in [4.69, 9.17) is 0 Å². The second-order valence-corrected chi connectivity index (χ2v) is 5.43. The highest BCUT2D eigenvalue weighted by Crippen LogP contribution is 2.33. The molecule has 3 atom stereocenters. The van der Waals surface area contributed by atoms with Gasteiger partial charge in [-0.05, 0) is 50.8 Å². The number of aliphatic hydroxyl groups is 1. The van der Waals surface area contributed by atoms with Crippen LogP contribution in [-0.2, 0) is 0 Å². The molecular formula is C15H22FNO. The third-order valence-electron chi connectivity index (χ3n) is 4.12. The van der Waals surface area contributed by atoms with Gasteiger partial charge in [-0.2, -0.15) is 0 Å². The van der Waals surface area contributed by atoms with Gasteiger partial charge in [0, 0.05) is 23.8 Å². The lowest BCUT2D eigenvalue weighted by Crippen LogP contribution is -2.43. The molecule has 3 heteroatoms. The van der Waals surface area contributed by atoms with Crippen molar-refractivity contribution in [3.8, 4) is 0 Å². The molecule has 18 heavy (non-hydrogen) atoms. The highest BCUT2D eigenvalue weighted by molar-refractivity contribution is 5.56. The van der Waals surface area contributed by atoms with E-state index in [-0.39, 0.29) is 5.82 Å². The minimum atomic E-state index is -0.639. The second-order valence-electron chi connectivity index (χ2n) is 5.43. The Morgan fingerprint density at radius 1 is 1.39 bits per heavy atom. The van der Waals surface area contributed by atoms with Crippen LogP contribution in [0.5, 0.6) is 0 Å². The minimum absolute atomic E-state index is 0.285. The van der Waals surface area contributed by atoms with Crippen molar-refractivity contribution < 1.29 is 9.50 Å². The molecule has 1 fully saturated rings. The van der Waals surface area contributed by atoms with Crippen LogP contribution in [0.15, 0.2) is 18.2 Å². The molecule has 1 aliphatic rings. The van der Waals surface area contributed by atoms with Gasteiger partial charge in [0.2, 0.25) is 0 Å². The molecule has 0 radical (unpaired) electrons. The number of hydrogen-bond donors (Lipinski definition) is 1. The standard InChI is InChI=1S/C15H22FNO/c1-10-5-4-8-17(11(10)2)15-7-6-13(16)9-14(15)12(3)18/h6-7,9-12,18H,4-5,8H2,1-3H3/t10?,11?,12-/m1/s1. The van der Waals surface area contributed by atoms with Crippen LogP contribution in [0.2, 0.25) is 0 Å². The molecule has 0 spiro atoms. The number of aliphatic hydroxyl groups excluding tert-OH is 1. The summed E-state index contributed by atoms with van der Waals surface area (Å²) in [5, 5.41) is 9.82. The third kappa shape index (κ3) is 2.51. The molecule has 0 bridgehead atoms. The molecule has 0 aliphatic carbocycles. The van der Waals surface area contributed by atoms with Crippen LogP contribution < -0.4 is 4.90 Å². The zero-order valence-electron chi connectivity index (χ0n) is 11.4. The molecule has 0 saturated carbocycles. The summed E-state index contributed by atoms with van der Waals surface area (Å²) in [6.07, 6.45) is 1.76. The van der Waals surface area contributed by atoms with E-state index in [0.29, 0.717) is 17.5 Å². The van der Waals surface area contributed by atoms with E-state index in [9.17, 15) is 9.50 Å². The predicted octanol–water partition coefficient (Wildman–Crippen LogP) is 3.50.